The number of ether oxygens (including phenoxy) is 1. The van der Waals surface area contributed by atoms with Gasteiger partial charge in [0.1, 0.15) is 0 Å². The van der Waals surface area contributed by atoms with E-state index in [4.69, 9.17) is 4.74 Å². The summed E-state index contributed by atoms with van der Waals surface area (Å²) < 4.78 is 6.51. The maximum atomic E-state index is 11.8. The molecule has 0 unspecified atom stereocenters. The molecule has 18 heavy (non-hydrogen) atoms. The van der Waals surface area contributed by atoms with Gasteiger partial charge < -0.3 is 9.64 Å². The number of unbranched alkanes of at least 4 members (excludes halogenated alkanes) is 1. The van der Waals surface area contributed by atoms with E-state index in [1.807, 2.05) is 11.9 Å². The van der Waals surface area contributed by atoms with Crippen LogP contribution in [0.1, 0.15) is 12.8 Å². The summed E-state index contributed by atoms with van der Waals surface area (Å²) in [5, 5.41) is 5.14. The SMILES string of the molecule is COCCN(C)c1cnn(CCCCBr)c(=O)c1. The van der Waals surface area contributed by atoms with Crippen LogP contribution in [-0.4, -0.2) is 42.4 Å². The fraction of sp³-hybridized carbons (Fsp3) is 0.667. The second-order valence-corrected chi connectivity index (χ2v) is 4.88. The van der Waals surface area contributed by atoms with E-state index in [-0.39, 0.29) is 5.56 Å². The van der Waals surface area contributed by atoms with Crippen molar-refractivity contribution in [3.05, 3.63) is 22.6 Å². The number of aryl methyl sites for hydroxylation is 1. The van der Waals surface area contributed by atoms with Gasteiger partial charge in [-0.3, -0.25) is 4.79 Å². The molecule has 0 aromatic carbocycles. The molecule has 0 N–H and O–H groups in total. The molecule has 1 heterocycles. The summed E-state index contributed by atoms with van der Waals surface area (Å²) >= 11 is 3.37. The predicted molar refractivity (Wildman–Crippen MR) is 76.7 cm³/mol. The summed E-state index contributed by atoms with van der Waals surface area (Å²) in [5.41, 5.74) is 0.778. The van der Waals surface area contributed by atoms with Crippen LogP contribution >= 0.6 is 15.9 Å². The molecular formula is C12H20BrN3O2. The Hall–Kier alpha value is -0.880. The van der Waals surface area contributed by atoms with E-state index in [0.717, 1.165) is 30.4 Å². The summed E-state index contributed by atoms with van der Waals surface area (Å²) in [6, 6.07) is 1.62. The van der Waals surface area contributed by atoms with Crippen molar-refractivity contribution in [2.45, 2.75) is 19.4 Å². The number of rotatable bonds is 8. The molecular weight excluding hydrogens is 298 g/mol. The highest BCUT2D eigenvalue weighted by molar-refractivity contribution is 9.09. The van der Waals surface area contributed by atoms with Crippen molar-refractivity contribution in [1.82, 2.24) is 9.78 Å². The molecule has 6 heteroatoms. The Labute approximate surface area is 116 Å². The lowest BCUT2D eigenvalue weighted by Crippen LogP contribution is -2.27. The van der Waals surface area contributed by atoms with Crippen molar-refractivity contribution in [2.75, 3.05) is 37.5 Å². The van der Waals surface area contributed by atoms with Gasteiger partial charge in [0.2, 0.25) is 0 Å². The average Bonchev–Trinajstić information content (AvgIpc) is 2.38. The zero-order chi connectivity index (χ0) is 13.4. The molecule has 5 nitrogen and oxygen atoms in total. The van der Waals surface area contributed by atoms with E-state index in [1.165, 1.54) is 4.68 Å². The minimum Gasteiger partial charge on any atom is -0.383 e. The van der Waals surface area contributed by atoms with Crippen LogP contribution < -0.4 is 10.5 Å². The minimum absolute atomic E-state index is 0.0497. The number of aromatic nitrogens is 2. The van der Waals surface area contributed by atoms with E-state index in [1.54, 1.807) is 19.4 Å². The fourth-order valence-corrected chi connectivity index (χ4v) is 1.91. The Morgan fingerprint density at radius 2 is 2.28 bits per heavy atom. The largest absolute Gasteiger partial charge is 0.383 e. The molecule has 1 aromatic heterocycles. The molecule has 0 aliphatic carbocycles. The number of methoxy groups -OCH3 is 1. The van der Waals surface area contributed by atoms with E-state index in [9.17, 15) is 4.79 Å². The Kier molecular flexibility index (Phi) is 6.97. The van der Waals surface area contributed by atoms with Crippen molar-refractivity contribution in [3.8, 4) is 0 Å². The van der Waals surface area contributed by atoms with Crippen LogP contribution in [0.5, 0.6) is 0 Å². The van der Waals surface area contributed by atoms with Crippen molar-refractivity contribution in [3.63, 3.8) is 0 Å². The van der Waals surface area contributed by atoms with Gasteiger partial charge in [-0.1, -0.05) is 15.9 Å². The molecule has 102 valence electrons. The second-order valence-electron chi connectivity index (χ2n) is 4.09. The lowest BCUT2D eigenvalue weighted by molar-refractivity contribution is 0.206. The first kappa shape index (κ1) is 15.2. The van der Waals surface area contributed by atoms with Gasteiger partial charge >= 0.3 is 0 Å². The Morgan fingerprint density at radius 3 is 2.89 bits per heavy atom. The lowest BCUT2D eigenvalue weighted by Gasteiger charge is -2.18. The van der Waals surface area contributed by atoms with Crippen LogP contribution in [0.15, 0.2) is 17.1 Å². The highest BCUT2D eigenvalue weighted by Gasteiger charge is 2.04. The summed E-state index contributed by atoms with van der Waals surface area (Å²) in [7, 11) is 3.58. The summed E-state index contributed by atoms with van der Waals surface area (Å²) in [4.78, 5) is 13.8. The molecule has 0 fully saturated rings. The first-order valence-electron chi connectivity index (χ1n) is 6.02. The van der Waals surface area contributed by atoms with Crippen LogP contribution in [0.2, 0.25) is 0 Å². The highest BCUT2D eigenvalue weighted by atomic mass is 79.9. The molecule has 0 radical (unpaired) electrons. The van der Waals surface area contributed by atoms with Crippen LogP contribution in [0.4, 0.5) is 5.69 Å². The van der Waals surface area contributed by atoms with E-state index in [2.05, 4.69) is 21.0 Å². The third-order valence-corrected chi connectivity index (χ3v) is 3.24. The van der Waals surface area contributed by atoms with Crippen LogP contribution in [-0.2, 0) is 11.3 Å². The molecule has 0 aliphatic rings. The first-order valence-corrected chi connectivity index (χ1v) is 7.14. The number of hydrogen-bond donors (Lipinski definition) is 0. The topological polar surface area (TPSA) is 47.4 Å². The van der Waals surface area contributed by atoms with Gasteiger partial charge in [0.25, 0.3) is 5.56 Å². The minimum atomic E-state index is -0.0497. The van der Waals surface area contributed by atoms with Gasteiger partial charge in [-0.05, 0) is 12.8 Å². The second kappa shape index (κ2) is 8.26. The van der Waals surface area contributed by atoms with Gasteiger partial charge in [0, 0.05) is 38.6 Å². The molecule has 0 amide bonds. The van der Waals surface area contributed by atoms with Gasteiger partial charge in [0.15, 0.2) is 0 Å². The molecule has 0 bridgehead atoms. The summed E-state index contributed by atoms with van der Waals surface area (Å²) in [6.45, 7) is 2.04. The normalized spacial score (nSPS) is 10.6. The monoisotopic (exact) mass is 317 g/mol. The van der Waals surface area contributed by atoms with Crippen LogP contribution in [0.3, 0.4) is 0 Å². The average molecular weight is 318 g/mol. The first-order chi connectivity index (χ1) is 8.69. The van der Waals surface area contributed by atoms with Gasteiger partial charge in [0.05, 0.1) is 18.5 Å². The molecule has 0 spiro atoms. The molecule has 0 saturated heterocycles. The maximum absolute atomic E-state index is 11.8. The highest BCUT2D eigenvalue weighted by Crippen LogP contribution is 2.06. The quantitative estimate of drug-likeness (QED) is 0.538. The fourth-order valence-electron chi connectivity index (χ4n) is 1.51. The molecule has 1 rings (SSSR count). The lowest BCUT2D eigenvalue weighted by atomic mass is 10.3. The molecule has 0 saturated carbocycles. The van der Waals surface area contributed by atoms with E-state index < -0.39 is 0 Å². The Balaban J connectivity index is 2.64. The van der Waals surface area contributed by atoms with E-state index >= 15 is 0 Å². The predicted octanol–water partition coefficient (Wildman–Crippen LogP) is 1.50. The van der Waals surface area contributed by atoms with E-state index in [0.29, 0.717) is 13.2 Å². The van der Waals surface area contributed by atoms with Crippen LogP contribution in [0, 0.1) is 0 Å². The number of nitrogens with zero attached hydrogens (tertiary/aromatic N) is 3. The zero-order valence-electron chi connectivity index (χ0n) is 10.9. The number of alkyl halides is 1. The van der Waals surface area contributed by atoms with Crippen molar-refractivity contribution >= 4 is 21.6 Å². The Morgan fingerprint density at radius 1 is 1.50 bits per heavy atom. The number of hydrogen-bond acceptors (Lipinski definition) is 4. The molecule has 1 aromatic rings. The maximum Gasteiger partial charge on any atom is 0.268 e. The standard InChI is InChI=1S/C12H20BrN3O2/c1-15(7-8-18-2)11-9-12(17)16(14-10-11)6-4-3-5-13/h9-10H,3-8H2,1-2H3. The third-order valence-electron chi connectivity index (χ3n) is 2.68. The molecule has 0 atom stereocenters. The molecule has 0 aliphatic heterocycles. The van der Waals surface area contributed by atoms with Crippen LogP contribution in [0.25, 0.3) is 0 Å². The van der Waals surface area contributed by atoms with Crippen molar-refractivity contribution in [1.29, 1.82) is 0 Å². The number of likely N-dealkylation sites (N-methyl/N-ethyl adjacent to an activating group) is 1. The Bertz CT molecular complexity index is 409. The number of halogens is 1. The summed E-state index contributed by atoms with van der Waals surface area (Å²) in [6.07, 6.45) is 3.73. The third kappa shape index (κ3) is 4.78. The number of anilines is 1. The summed E-state index contributed by atoms with van der Waals surface area (Å²) in [5.74, 6) is 0. The zero-order valence-corrected chi connectivity index (χ0v) is 12.5. The van der Waals surface area contributed by atoms with Crippen molar-refractivity contribution in [2.24, 2.45) is 0 Å². The van der Waals surface area contributed by atoms with Crippen molar-refractivity contribution < 1.29 is 4.74 Å². The van der Waals surface area contributed by atoms with Gasteiger partial charge in [-0.2, -0.15) is 5.10 Å². The van der Waals surface area contributed by atoms with Gasteiger partial charge in [-0.15, -0.1) is 0 Å². The smallest absolute Gasteiger partial charge is 0.268 e. The van der Waals surface area contributed by atoms with Gasteiger partial charge in [-0.25, -0.2) is 4.68 Å².